The molecule has 0 aromatic heterocycles. The number of nitrogens with two attached hydrogens (primary N) is 1. The molecule has 3 nitrogen and oxygen atoms in total. The molecule has 2 unspecified atom stereocenters. The van der Waals surface area contributed by atoms with Gasteiger partial charge in [0, 0.05) is 5.92 Å². The van der Waals surface area contributed by atoms with Crippen molar-refractivity contribution >= 4 is 0 Å². The molecule has 0 aliphatic carbocycles. The van der Waals surface area contributed by atoms with E-state index in [4.69, 9.17) is 10.5 Å². The van der Waals surface area contributed by atoms with E-state index in [1.165, 1.54) is 11.1 Å². The van der Waals surface area contributed by atoms with Gasteiger partial charge >= 0.3 is 0 Å². The third-order valence-corrected chi connectivity index (χ3v) is 3.50. The summed E-state index contributed by atoms with van der Waals surface area (Å²) in [5.41, 5.74) is 9.14. The number of hydrogen-bond donors (Lipinski definition) is 2. The van der Waals surface area contributed by atoms with E-state index >= 15 is 0 Å². The van der Waals surface area contributed by atoms with Gasteiger partial charge in [0.1, 0.15) is 0 Å². The van der Waals surface area contributed by atoms with E-state index in [9.17, 15) is 5.11 Å². The number of rotatable bonds is 5. The third kappa shape index (κ3) is 2.68. The quantitative estimate of drug-likeness (QED) is 0.822. The van der Waals surface area contributed by atoms with E-state index in [1.807, 2.05) is 6.07 Å². The maximum absolute atomic E-state index is 10.3. The lowest BCUT2D eigenvalue weighted by Crippen LogP contribution is -2.22. The first-order chi connectivity index (χ1) is 8.26. The highest BCUT2D eigenvalue weighted by molar-refractivity contribution is 5.34. The number of benzene rings is 1. The molecule has 0 bridgehead atoms. The molecule has 1 heterocycles. The fourth-order valence-corrected chi connectivity index (χ4v) is 2.42. The largest absolute Gasteiger partial charge is 0.388 e. The molecule has 0 fully saturated rings. The Bertz CT molecular complexity index is 378. The number of ether oxygens (including phenoxy) is 1. The predicted octanol–water partition coefficient (Wildman–Crippen LogP) is 2.13. The van der Waals surface area contributed by atoms with Crippen molar-refractivity contribution in [3.63, 3.8) is 0 Å². The lowest BCUT2D eigenvalue weighted by Gasteiger charge is -2.21. The second kappa shape index (κ2) is 5.63. The first-order valence-corrected chi connectivity index (χ1v) is 6.33. The molecule has 0 saturated heterocycles. The smallest absolute Gasteiger partial charge is 0.0830 e. The monoisotopic (exact) mass is 235 g/mol. The SMILES string of the molecule is CCCC(CN)C(O)c1ccc2c(c1)COC2. The molecular formula is C14H21NO2. The van der Waals surface area contributed by atoms with Gasteiger partial charge in [-0.3, -0.25) is 0 Å². The standard InChI is InChI=1S/C14H21NO2/c1-2-3-11(7-15)14(16)10-4-5-12-8-17-9-13(12)6-10/h4-6,11,14,16H,2-3,7-9,15H2,1H3. The van der Waals surface area contributed by atoms with E-state index in [1.54, 1.807) is 0 Å². The van der Waals surface area contributed by atoms with Crippen molar-refractivity contribution in [1.29, 1.82) is 0 Å². The minimum absolute atomic E-state index is 0.153. The van der Waals surface area contributed by atoms with E-state index in [0.717, 1.165) is 18.4 Å². The van der Waals surface area contributed by atoms with Crippen LogP contribution in [0.3, 0.4) is 0 Å². The summed E-state index contributed by atoms with van der Waals surface area (Å²) >= 11 is 0. The molecule has 2 rings (SSSR count). The first kappa shape index (κ1) is 12.6. The molecule has 3 N–H and O–H groups in total. The Balaban J connectivity index is 2.15. The van der Waals surface area contributed by atoms with Gasteiger partial charge in [-0.15, -0.1) is 0 Å². The van der Waals surface area contributed by atoms with E-state index < -0.39 is 6.10 Å². The van der Waals surface area contributed by atoms with E-state index in [-0.39, 0.29) is 5.92 Å². The Morgan fingerprint density at radius 2 is 2.12 bits per heavy atom. The summed E-state index contributed by atoms with van der Waals surface area (Å²) in [4.78, 5) is 0. The first-order valence-electron chi connectivity index (χ1n) is 6.33. The average molecular weight is 235 g/mol. The molecule has 1 aliphatic rings. The Kier molecular flexibility index (Phi) is 4.15. The number of aliphatic hydroxyl groups is 1. The molecule has 3 heteroatoms. The zero-order valence-corrected chi connectivity index (χ0v) is 10.4. The summed E-state index contributed by atoms with van der Waals surface area (Å²) in [5, 5.41) is 10.3. The van der Waals surface area contributed by atoms with Crippen LogP contribution < -0.4 is 5.73 Å². The third-order valence-electron chi connectivity index (χ3n) is 3.50. The second-order valence-corrected chi connectivity index (χ2v) is 4.75. The Labute approximate surface area is 103 Å². The Hall–Kier alpha value is -0.900. The van der Waals surface area contributed by atoms with Gasteiger partial charge in [0.05, 0.1) is 19.3 Å². The highest BCUT2D eigenvalue weighted by Crippen LogP contribution is 2.29. The molecule has 94 valence electrons. The summed E-state index contributed by atoms with van der Waals surface area (Å²) in [5.74, 6) is 0.153. The summed E-state index contributed by atoms with van der Waals surface area (Å²) < 4.78 is 5.38. The second-order valence-electron chi connectivity index (χ2n) is 4.75. The molecule has 1 aromatic rings. The van der Waals surface area contributed by atoms with Gasteiger partial charge in [-0.05, 0) is 29.7 Å². The molecule has 0 amide bonds. The minimum atomic E-state index is -0.453. The summed E-state index contributed by atoms with van der Waals surface area (Å²) in [7, 11) is 0. The van der Waals surface area contributed by atoms with Crippen molar-refractivity contribution in [2.24, 2.45) is 11.7 Å². The van der Waals surface area contributed by atoms with Crippen molar-refractivity contribution < 1.29 is 9.84 Å². The van der Waals surface area contributed by atoms with Crippen LogP contribution in [0, 0.1) is 5.92 Å². The molecule has 2 atom stereocenters. The molecule has 17 heavy (non-hydrogen) atoms. The van der Waals surface area contributed by atoms with Crippen molar-refractivity contribution in [1.82, 2.24) is 0 Å². The minimum Gasteiger partial charge on any atom is -0.388 e. The normalized spacial score (nSPS) is 17.8. The van der Waals surface area contributed by atoms with Crippen molar-refractivity contribution in [2.45, 2.75) is 39.1 Å². The van der Waals surface area contributed by atoms with Crippen LogP contribution in [0.2, 0.25) is 0 Å². The average Bonchev–Trinajstić information content (AvgIpc) is 2.82. The van der Waals surface area contributed by atoms with Crippen LogP contribution in [0.4, 0.5) is 0 Å². The van der Waals surface area contributed by atoms with Crippen molar-refractivity contribution in [3.05, 3.63) is 34.9 Å². The molecule has 0 spiro atoms. The maximum atomic E-state index is 10.3. The van der Waals surface area contributed by atoms with Gasteiger partial charge in [-0.1, -0.05) is 31.5 Å². The summed E-state index contributed by atoms with van der Waals surface area (Å²) in [6, 6.07) is 6.11. The maximum Gasteiger partial charge on any atom is 0.0830 e. The topological polar surface area (TPSA) is 55.5 Å². The fraction of sp³-hybridized carbons (Fsp3) is 0.571. The van der Waals surface area contributed by atoms with Gasteiger partial charge in [-0.25, -0.2) is 0 Å². The zero-order chi connectivity index (χ0) is 12.3. The van der Waals surface area contributed by atoms with Crippen LogP contribution in [-0.4, -0.2) is 11.7 Å². The van der Waals surface area contributed by atoms with Gasteiger partial charge < -0.3 is 15.6 Å². The summed E-state index contributed by atoms with van der Waals surface area (Å²) in [6.45, 7) is 4.01. The van der Waals surface area contributed by atoms with Gasteiger partial charge in [-0.2, -0.15) is 0 Å². The van der Waals surface area contributed by atoms with Gasteiger partial charge in [0.15, 0.2) is 0 Å². The van der Waals surface area contributed by atoms with Crippen LogP contribution in [0.25, 0.3) is 0 Å². The number of hydrogen-bond acceptors (Lipinski definition) is 3. The molecule has 1 aromatic carbocycles. The lowest BCUT2D eigenvalue weighted by molar-refractivity contribution is 0.106. The Morgan fingerprint density at radius 1 is 1.35 bits per heavy atom. The number of aliphatic hydroxyl groups excluding tert-OH is 1. The Morgan fingerprint density at radius 3 is 2.82 bits per heavy atom. The van der Waals surface area contributed by atoms with E-state index in [2.05, 4.69) is 19.1 Å². The molecular weight excluding hydrogens is 214 g/mol. The highest BCUT2D eigenvalue weighted by Gasteiger charge is 2.20. The van der Waals surface area contributed by atoms with Crippen LogP contribution in [0.1, 0.15) is 42.6 Å². The fourth-order valence-electron chi connectivity index (χ4n) is 2.42. The zero-order valence-electron chi connectivity index (χ0n) is 10.4. The van der Waals surface area contributed by atoms with Crippen LogP contribution in [-0.2, 0) is 18.0 Å². The van der Waals surface area contributed by atoms with Crippen molar-refractivity contribution in [3.8, 4) is 0 Å². The van der Waals surface area contributed by atoms with E-state index in [0.29, 0.717) is 19.8 Å². The van der Waals surface area contributed by atoms with Crippen LogP contribution >= 0.6 is 0 Å². The van der Waals surface area contributed by atoms with Gasteiger partial charge in [0.2, 0.25) is 0 Å². The number of fused-ring (bicyclic) bond motifs is 1. The molecule has 0 radical (unpaired) electrons. The molecule has 1 aliphatic heterocycles. The summed E-state index contributed by atoms with van der Waals surface area (Å²) in [6.07, 6.45) is 1.56. The van der Waals surface area contributed by atoms with Crippen LogP contribution in [0.5, 0.6) is 0 Å². The highest BCUT2D eigenvalue weighted by atomic mass is 16.5. The molecule has 0 saturated carbocycles. The van der Waals surface area contributed by atoms with Crippen molar-refractivity contribution in [2.75, 3.05) is 6.54 Å². The van der Waals surface area contributed by atoms with Crippen LogP contribution in [0.15, 0.2) is 18.2 Å². The van der Waals surface area contributed by atoms with Gasteiger partial charge in [0.25, 0.3) is 0 Å². The lowest BCUT2D eigenvalue weighted by atomic mass is 9.90. The predicted molar refractivity (Wildman–Crippen MR) is 67.3 cm³/mol.